The highest BCUT2D eigenvalue weighted by atomic mass is 32.2. The Morgan fingerprint density at radius 2 is 2.17 bits per heavy atom. The molecular formula is C18H23N3OS. The summed E-state index contributed by atoms with van der Waals surface area (Å²) in [5.74, 6) is 2.75. The van der Waals surface area contributed by atoms with Gasteiger partial charge in [0, 0.05) is 23.0 Å². The highest BCUT2D eigenvalue weighted by Crippen LogP contribution is 2.36. The maximum atomic E-state index is 12.4. The molecule has 1 unspecified atom stereocenters. The summed E-state index contributed by atoms with van der Waals surface area (Å²) in [6.07, 6.45) is 0.834. The monoisotopic (exact) mass is 329 g/mol. The molecule has 1 aromatic heterocycles. The van der Waals surface area contributed by atoms with Crippen LogP contribution in [-0.2, 0) is 16.3 Å². The molecule has 4 nitrogen and oxygen atoms in total. The summed E-state index contributed by atoms with van der Waals surface area (Å²) < 4.78 is 1.92. The Balaban J connectivity index is 2.05. The lowest BCUT2D eigenvalue weighted by Gasteiger charge is -2.15. The lowest BCUT2D eigenvalue weighted by molar-refractivity contribution is -0.119. The molecule has 0 bridgehead atoms. The van der Waals surface area contributed by atoms with Crippen molar-refractivity contribution in [3.8, 4) is 5.69 Å². The second-order valence-corrected chi connectivity index (χ2v) is 7.25. The van der Waals surface area contributed by atoms with Crippen molar-refractivity contribution < 1.29 is 4.79 Å². The number of hydrogen-bond donors (Lipinski definition) is 1. The Morgan fingerprint density at radius 3 is 2.87 bits per heavy atom. The second kappa shape index (κ2) is 6.40. The third-order valence-corrected chi connectivity index (χ3v) is 5.40. The fourth-order valence-electron chi connectivity index (χ4n) is 2.78. The van der Waals surface area contributed by atoms with Crippen LogP contribution in [0.4, 0.5) is 5.82 Å². The molecule has 0 radical (unpaired) electrons. The third kappa shape index (κ3) is 3.02. The maximum Gasteiger partial charge on any atom is 0.228 e. The molecule has 1 aliphatic heterocycles. The van der Waals surface area contributed by atoms with Crippen LogP contribution in [-0.4, -0.2) is 15.7 Å². The first kappa shape index (κ1) is 16.1. The normalized spacial score (nSPS) is 14.6. The number of carbonyl (C=O) groups is 1. The van der Waals surface area contributed by atoms with Gasteiger partial charge in [0.15, 0.2) is 0 Å². The molecule has 0 saturated carbocycles. The SMILES string of the molecule is CCC(C)C(=O)Nc1c2c(nn1-c1ccc(C)cc1C)CSC2. The lowest BCUT2D eigenvalue weighted by Crippen LogP contribution is -2.22. The number of anilines is 1. The summed E-state index contributed by atoms with van der Waals surface area (Å²) in [5.41, 5.74) is 5.69. The minimum absolute atomic E-state index is 0.00201. The Hall–Kier alpha value is -1.75. The highest BCUT2D eigenvalue weighted by Gasteiger charge is 2.26. The third-order valence-electron chi connectivity index (χ3n) is 4.43. The summed E-state index contributed by atoms with van der Waals surface area (Å²) in [5, 5.41) is 7.90. The zero-order valence-corrected chi connectivity index (χ0v) is 15.0. The summed E-state index contributed by atoms with van der Waals surface area (Å²) in [6, 6.07) is 6.32. The molecule has 122 valence electrons. The van der Waals surface area contributed by atoms with E-state index >= 15 is 0 Å². The number of amides is 1. The summed E-state index contributed by atoms with van der Waals surface area (Å²) >= 11 is 1.85. The molecule has 1 aliphatic rings. The predicted octanol–water partition coefficient (Wildman–Crippen LogP) is 4.22. The fraction of sp³-hybridized carbons (Fsp3) is 0.444. The topological polar surface area (TPSA) is 46.9 Å². The quantitative estimate of drug-likeness (QED) is 0.913. The molecule has 0 saturated heterocycles. The minimum atomic E-state index is 0.00201. The fourth-order valence-corrected chi connectivity index (χ4v) is 3.82. The molecule has 5 heteroatoms. The summed E-state index contributed by atoms with van der Waals surface area (Å²) in [4.78, 5) is 12.4. The van der Waals surface area contributed by atoms with Gasteiger partial charge in [-0.05, 0) is 31.9 Å². The van der Waals surface area contributed by atoms with E-state index in [9.17, 15) is 4.79 Å². The molecule has 1 atom stereocenters. The van der Waals surface area contributed by atoms with E-state index in [4.69, 9.17) is 5.10 Å². The standard InChI is InChI=1S/C18H23N3OS/c1-5-12(3)18(22)19-17-14-9-23-10-15(14)20-21(17)16-7-6-11(2)8-13(16)4/h6-8,12H,5,9-10H2,1-4H3,(H,19,22). The predicted molar refractivity (Wildman–Crippen MR) is 96.1 cm³/mol. The van der Waals surface area contributed by atoms with Crippen molar-refractivity contribution in [1.29, 1.82) is 0 Å². The second-order valence-electron chi connectivity index (χ2n) is 6.27. The van der Waals surface area contributed by atoms with Crippen LogP contribution in [0.3, 0.4) is 0 Å². The Labute approximate surface area is 141 Å². The van der Waals surface area contributed by atoms with Gasteiger partial charge in [-0.25, -0.2) is 4.68 Å². The number of aromatic nitrogens is 2. The summed E-state index contributed by atoms with van der Waals surface area (Å²) in [6.45, 7) is 8.17. The van der Waals surface area contributed by atoms with Crippen molar-refractivity contribution >= 4 is 23.5 Å². The van der Waals surface area contributed by atoms with Gasteiger partial charge < -0.3 is 5.32 Å². The maximum absolute atomic E-state index is 12.4. The first-order valence-electron chi connectivity index (χ1n) is 8.08. The molecule has 1 amide bonds. The van der Waals surface area contributed by atoms with Crippen molar-refractivity contribution in [2.45, 2.75) is 45.6 Å². The number of hydrogen-bond acceptors (Lipinski definition) is 3. The van der Waals surface area contributed by atoms with Crippen LogP contribution in [0.25, 0.3) is 5.69 Å². The van der Waals surface area contributed by atoms with Crippen LogP contribution in [0, 0.1) is 19.8 Å². The van der Waals surface area contributed by atoms with E-state index in [-0.39, 0.29) is 11.8 Å². The zero-order chi connectivity index (χ0) is 16.6. The molecular weight excluding hydrogens is 306 g/mol. The molecule has 0 spiro atoms. The van der Waals surface area contributed by atoms with Gasteiger partial charge in [0.25, 0.3) is 0 Å². The molecule has 0 aliphatic carbocycles. The van der Waals surface area contributed by atoms with Crippen LogP contribution >= 0.6 is 11.8 Å². The zero-order valence-electron chi connectivity index (χ0n) is 14.1. The molecule has 2 aromatic rings. The van der Waals surface area contributed by atoms with Gasteiger partial charge in [-0.2, -0.15) is 16.9 Å². The van der Waals surface area contributed by atoms with Gasteiger partial charge in [-0.15, -0.1) is 0 Å². The van der Waals surface area contributed by atoms with E-state index < -0.39 is 0 Å². The van der Waals surface area contributed by atoms with Crippen LogP contribution in [0.15, 0.2) is 18.2 Å². The van der Waals surface area contributed by atoms with Crippen molar-refractivity contribution in [1.82, 2.24) is 9.78 Å². The number of fused-ring (bicyclic) bond motifs is 1. The smallest absolute Gasteiger partial charge is 0.228 e. The minimum Gasteiger partial charge on any atom is -0.310 e. The number of nitrogens with zero attached hydrogens (tertiary/aromatic N) is 2. The van der Waals surface area contributed by atoms with Crippen molar-refractivity contribution in [3.05, 3.63) is 40.6 Å². The average Bonchev–Trinajstić information content (AvgIpc) is 3.09. The Bertz CT molecular complexity index is 751. The first-order valence-corrected chi connectivity index (χ1v) is 9.23. The molecule has 2 heterocycles. The van der Waals surface area contributed by atoms with Crippen molar-refractivity contribution in [3.63, 3.8) is 0 Å². The average molecular weight is 329 g/mol. The van der Waals surface area contributed by atoms with E-state index in [1.54, 1.807) is 0 Å². The number of carbonyl (C=O) groups excluding carboxylic acids is 1. The van der Waals surface area contributed by atoms with Crippen molar-refractivity contribution in [2.24, 2.45) is 5.92 Å². The van der Waals surface area contributed by atoms with Crippen LogP contribution in [0.5, 0.6) is 0 Å². The molecule has 1 N–H and O–H groups in total. The van der Waals surface area contributed by atoms with Gasteiger partial charge >= 0.3 is 0 Å². The van der Waals surface area contributed by atoms with E-state index in [2.05, 4.69) is 37.4 Å². The molecule has 3 rings (SSSR count). The van der Waals surface area contributed by atoms with E-state index in [0.717, 1.165) is 40.7 Å². The van der Waals surface area contributed by atoms with Gasteiger partial charge in [0.2, 0.25) is 5.91 Å². The van der Waals surface area contributed by atoms with Gasteiger partial charge in [-0.1, -0.05) is 31.5 Å². The largest absolute Gasteiger partial charge is 0.310 e. The van der Waals surface area contributed by atoms with Crippen LogP contribution in [0.2, 0.25) is 0 Å². The number of nitrogens with one attached hydrogen (secondary N) is 1. The van der Waals surface area contributed by atoms with Crippen molar-refractivity contribution in [2.75, 3.05) is 5.32 Å². The number of rotatable bonds is 4. The summed E-state index contributed by atoms with van der Waals surface area (Å²) in [7, 11) is 0. The van der Waals surface area contributed by atoms with E-state index in [1.807, 2.05) is 30.3 Å². The number of benzene rings is 1. The first-order chi connectivity index (χ1) is 11.0. The van der Waals surface area contributed by atoms with E-state index in [1.165, 1.54) is 11.1 Å². The van der Waals surface area contributed by atoms with Crippen LogP contribution in [0.1, 0.15) is 42.7 Å². The lowest BCUT2D eigenvalue weighted by atomic mass is 10.1. The van der Waals surface area contributed by atoms with Gasteiger partial charge in [-0.3, -0.25) is 4.79 Å². The molecule has 1 aromatic carbocycles. The number of thioether (sulfide) groups is 1. The highest BCUT2D eigenvalue weighted by molar-refractivity contribution is 7.98. The van der Waals surface area contributed by atoms with Gasteiger partial charge in [0.05, 0.1) is 11.4 Å². The molecule has 0 fully saturated rings. The van der Waals surface area contributed by atoms with Gasteiger partial charge in [0.1, 0.15) is 5.82 Å². The Kier molecular flexibility index (Phi) is 4.48. The van der Waals surface area contributed by atoms with Crippen LogP contribution < -0.4 is 5.32 Å². The molecule has 23 heavy (non-hydrogen) atoms. The number of aryl methyl sites for hydroxylation is 2. The Morgan fingerprint density at radius 1 is 1.39 bits per heavy atom. The van der Waals surface area contributed by atoms with E-state index in [0.29, 0.717) is 0 Å².